The van der Waals surface area contributed by atoms with Crippen LogP contribution in [0.5, 0.6) is 5.75 Å². The molecule has 147 valence electrons. The Kier molecular flexibility index (Phi) is 8.68. The molecule has 2 aromatic rings. The fraction of sp³-hybridized carbons (Fsp3) is 0.381. The van der Waals surface area contributed by atoms with Gasteiger partial charge in [0.05, 0.1) is 25.2 Å². The van der Waals surface area contributed by atoms with E-state index in [1.165, 1.54) is 12.7 Å². The molecule has 1 unspecified atom stereocenters. The fourth-order valence-corrected chi connectivity index (χ4v) is 3.62. The average molecular weight is 509 g/mol. The quantitative estimate of drug-likeness (QED) is 0.621. The molecule has 2 N–H and O–H groups in total. The predicted octanol–water partition coefficient (Wildman–Crippen LogP) is 3.13. The van der Waals surface area contributed by atoms with E-state index in [9.17, 15) is 9.90 Å². The zero-order chi connectivity index (χ0) is 19.4. The molecule has 3 rings (SSSR count). The third-order valence-corrected chi connectivity index (χ3v) is 5.17. The maximum atomic E-state index is 11.5. The molecule has 1 aliphatic heterocycles. The molecule has 0 bridgehead atoms. The van der Waals surface area contributed by atoms with Gasteiger partial charge in [0.25, 0.3) is 0 Å². The Hall–Kier alpha value is -1.21. The number of rotatable bonds is 7. The van der Waals surface area contributed by atoms with E-state index in [4.69, 9.17) is 10.5 Å². The van der Waals surface area contributed by atoms with Crippen LogP contribution in [0.25, 0.3) is 5.73 Å². The Morgan fingerprint density at radius 2 is 2.04 bits per heavy atom. The van der Waals surface area contributed by atoms with Gasteiger partial charge in [0.2, 0.25) is 0 Å². The molecule has 28 heavy (non-hydrogen) atoms. The molecule has 1 saturated heterocycles. The standard InChI is InChI=1S/C21H27N3O3.Pr/c1-23(16-8-9-18(21(22)26)20(12-16)27-2)19(15-6-4-3-5-7-15)14-24-11-10-17(25)13-24;/h3-9,12,17,19,25H,10-11,13-14H2,1-2H3,(H2,22,26);/p-1/t17?,19-;/m1./s1. The van der Waals surface area contributed by atoms with Crippen molar-refractivity contribution in [2.24, 2.45) is 0 Å². The first kappa shape index (κ1) is 23.1. The summed E-state index contributed by atoms with van der Waals surface area (Å²) in [4.78, 5) is 15.9. The second-order valence-corrected chi connectivity index (χ2v) is 6.95. The van der Waals surface area contributed by atoms with Crippen molar-refractivity contribution in [3.63, 3.8) is 0 Å². The van der Waals surface area contributed by atoms with Crippen molar-refractivity contribution in [1.82, 2.24) is 4.90 Å². The van der Waals surface area contributed by atoms with Crippen molar-refractivity contribution < 1.29 is 55.9 Å². The van der Waals surface area contributed by atoms with E-state index in [2.05, 4.69) is 21.9 Å². The van der Waals surface area contributed by atoms with Gasteiger partial charge in [0.15, 0.2) is 0 Å². The van der Waals surface area contributed by atoms with E-state index in [0.717, 1.165) is 25.2 Å². The molecular weight excluding hydrogens is 483 g/mol. The molecule has 1 amide bonds. The number of hydrogen-bond donors (Lipinski definition) is 1. The molecule has 0 spiro atoms. The van der Waals surface area contributed by atoms with Crippen molar-refractivity contribution >= 4 is 11.6 Å². The van der Waals surface area contributed by atoms with Crippen LogP contribution in [0, 0.1) is 41.3 Å². The number of amides is 1. The topological polar surface area (TPSA) is 76.8 Å². The molecule has 6 nitrogen and oxygen atoms in total. The number of aliphatic hydroxyl groups excluding tert-OH is 1. The number of likely N-dealkylation sites (tertiary alicyclic amines) is 1. The van der Waals surface area contributed by atoms with Crippen LogP contribution < -0.4 is 9.64 Å². The Morgan fingerprint density at radius 1 is 1.32 bits per heavy atom. The molecule has 0 aliphatic carbocycles. The second kappa shape index (κ2) is 10.5. The van der Waals surface area contributed by atoms with Crippen molar-refractivity contribution in [2.45, 2.75) is 18.6 Å². The smallest absolute Gasteiger partial charge is 0.130 e. The van der Waals surface area contributed by atoms with Gasteiger partial charge in [0, 0.05) is 85.3 Å². The Balaban J connectivity index is 0.00000280. The van der Waals surface area contributed by atoms with Crippen LogP contribution in [0.4, 0.5) is 5.69 Å². The number of carbonyl (C=O) groups is 1. The monoisotopic (exact) mass is 509 g/mol. The number of carbonyl (C=O) groups excluding carboxylic acids is 1. The van der Waals surface area contributed by atoms with Gasteiger partial charge in [-0.15, -0.1) is 0 Å². The number of nitrogens with one attached hydrogen (secondary N) is 1. The first-order valence-corrected chi connectivity index (χ1v) is 9.11. The number of anilines is 1. The summed E-state index contributed by atoms with van der Waals surface area (Å²) in [6, 6.07) is 15.6. The summed E-state index contributed by atoms with van der Waals surface area (Å²) < 4.78 is 5.32. The molecule has 0 saturated carbocycles. The summed E-state index contributed by atoms with van der Waals surface area (Å²) in [7, 11) is 3.52. The number of β-amino-alcohol motifs (C(OH)–C–C–N with tert-alkyl or cyclic N) is 1. The molecule has 2 atom stereocenters. The van der Waals surface area contributed by atoms with Gasteiger partial charge < -0.3 is 25.3 Å². The van der Waals surface area contributed by atoms with E-state index < -0.39 is 5.91 Å². The summed E-state index contributed by atoms with van der Waals surface area (Å²) in [5.41, 5.74) is 9.71. The van der Waals surface area contributed by atoms with Crippen molar-refractivity contribution in [3.8, 4) is 5.75 Å². The SMILES string of the molecule is COc1cc(N(C)[C@H](CN2CCC(O)C2)c2ccccc2)ccc1C([NH-])=O.[Pr]. The number of ether oxygens (including phenoxy) is 1. The predicted molar refractivity (Wildman–Crippen MR) is 106 cm³/mol. The average Bonchev–Trinajstić information content (AvgIpc) is 3.10. The van der Waals surface area contributed by atoms with Crippen LogP contribution in [0.15, 0.2) is 48.5 Å². The van der Waals surface area contributed by atoms with Crippen LogP contribution in [0.2, 0.25) is 0 Å². The van der Waals surface area contributed by atoms with Crippen LogP contribution in [0.3, 0.4) is 0 Å². The molecular formula is C21H26N3O3Pr-. The van der Waals surface area contributed by atoms with E-state index >= 15 is 0 Å². The third-order valence-electron chi connectivity index (χ3n) is 5.17. The number of aliphatic hydroxyl groups is 1. The zero-order valence-electron chi connectivity index (χ0n) is 16.3. The van der Waals surface area contributed by atoms with Gasteiger partial charge in [0.1, 0.15) is 5.75 Å². The molecule has 1 heterocycles. The minimum absolute atomic E-state index is 0. The Morgan fingerprint density at radius 3 is 2.61 bits per heavy atom. The summed E-state index contributed by atoms with van der Waals surface area (Å²) in [6.45, 7) is 2.36. The normalized spacial score (nSPS) is 17.6. The molecule has 7 heteroatoms. The van der Waals surface area contributed by atoms with Gasteiger partial charge in [-0.3, -0.25) is 4.90 Å². The van der Waals surface area contributed by atoms with Crippen LogP contribution in [0.1, 0.15) is 28.4 Å². The molecule has 2 aromatic carbocycles. The van der Waals surface area contributed by atoms with Gasteiger partial charge in [-0.1, -0.05) is 30.3 Å². The van der Waals surface area contributed by atoms with Crippen molar-refractivity contribution in [1.29, 1.82) is 0 Å². The fourth-order valence-electron chi connectivity index (χ4n) is 3.62. The van der Waals surface area contributed by atoms with E-state index in [0.29, 0.717) is 12.3 Å². The minimum Gasteiger partial charge on any atom is -0.663 e. The molecule has 0 aromatic heterocycles. The van der Waals surface area contributed by atoms with Crippen molar-refractivity contribution in [3.05, 3.63) is 65.4 Å². The maximum Gasteiger partial charge on any atom is 0.130 e. The summed E-state index contributed by atoms with van der Waals surface area (Å²) in [5.74, 6) is -0.352. The van der Waals surface area contributed by atoms with Gasteiger partial charge in [-0.2, -0.15) is 0 Å². The summed E-state index contributed by atoms with van der Waals surface area (Å²) >= 11 is 0. The zero-order valence-corrected chi connectivity index (χ0v) is 20.0. The Bertz CT molecular complexity index is 788. The first-order chi connectivity index (χ1) is 13.0. The molecule has 1 fully saturated rings. The van der Waals surface area contributed by atoms with Crippen LogP contribution in [-0.2, 0) is 0 Å². The van der Waals surface area contributed by atoms with E-state index in [1.54, 1.807) is 12.1 Å². The van der Waals surface area contributed by atoms with Crippen LogP contribution in [-0.4, -0.2) is 55.8 Å². The Labute approximate surface area is 199 Å². The number of hydrogen-bond acceptors (Lipinski definition) is 5. The van der Waals surface area contributed by atoms with Gasteiger partial charge in [-0.25, -0.2) is 0 Å². The third kappa shape index (κ3) is 5.44. The number of nitrogens with zero attached hydrogens (tertiary/aromatic N) is 2. The molecule has 1 radical (unpaired) electrons. The van der Waals surface area contributed by atoms with Crippen LogP contribution >= 0.6 is 0 Å². The number of methoxy groups -OCH3 is 1. The second-order valence-electron chi connectivity index (χ2n) is 6.95. The first-order valence-electron chi connectivity index (χ1n) is 9.11. The number of likely N-dealkylation sites (N-methyl/N-ethyl adjacent to an activating group) is 1. The molecule has 1 aliphatic rings. The number of benzene rings is 2. The van der Waals surface area contributed by atoms with E-state index in [-0.39, 0.29) is 59.0 Å². The summed E-state index contributed by atoms with van der Waals surface area (Å²) in [5, 5.41) is 9.87. The van der Waals surface area contributed by atoms with E-state index in [1.807, 2.05) is 31.3 Å². The van der Waals surface area contributed by atoms with Gasteiger partial charge in [-0.05, 0) is 24.1 Å². The minimum atomic E-state index is -0.758. The van der Waals surface area contributed by atoms with Crippen molar-refractivity contribution in [2.75, 3.05) is 38.7 Å². The largest absolute Gasteiger partial charge is 0.663 e. The van der Waals surface area contributed by atoms with Gasteiger partial charge >= 0.3 is 0 Å². The summed E-state index contributed by atoms with van der Waals surface area (Å²) in [6.07, 6.45) is 0.550. The maximum absolute atomic E-state index is 11.5.